The predicted octanol–water partition coefficient (Wildman–Crippen LogP) is 2.19. The third-order valence-electron chi connectivity index (χ3n) is 3.33. The molecular weight excluding hydrogens is 256 g/mol. The fourth-order valence-corrected chi connectivity index (χ4v) is 2.38. The monoisotopic (exact) mass is 270 g/mol. The normalized spacial score (nSPS) is 12.7. The molecule has 102 valence electrons. The first-order chi connectivity index (χ1) is 9.66. The highest BCUT2D eigenvalue weighted by atomic mass is 16.4. The van der Waals surface area contributed by atoms with Gasteiger partial charge in [0, 0.05) is 18.9 Å². The van der Waals surface area contributed by atoms with E-state index in [4.69, 9.17) is 0 Å². The highest BCUT2D eigenvalue weighted by Crippen LogP contribution is 2.22. The number of aromatic nitrogens is 4. The molecule has 1 aromatic carbocycles. The zero-order valence-electron chi connectivity index (χ0n) is 11.0. The molecule has 6 nitrogen and oxygen atoms in total. The van der Waals surface area contributed by atoms with E-state index >= 15 is 0 Å². The summed E-state index contributed by atoms with van der Waals surface area (Å²) in [6.07, 6.45) is 7.04. The van der Waals surface area contributed by atoms with E-state index < -0.39 is 5.97 Å². The van der Waals surface area contributed by atoms with Crippen LogP contribution in [0.4, 0.5) is 0 Å². The first-order valence-electron chi connectivity index (χ1n) is 6.31. The van der Waals surface area contributed by atoms with E-state index in [2.05, 4.69) is 9.97 Å². The number of fused-ring (bicyclic) bond motifs is 1. The number of carbonyl (C=O) groups is 1. The summed E-state index contributed by atoms with van der Waals surface area (Å²) in [5.74, 6) is -0.938. The van der Waals surface area contributed by atoms with Crippen molar-refractivity contribution in [2.24, 2.45) is 0 Å². The number of carboxylic acid groups (broad SMARTS) is 1. The zero-order chi connectivity index (χ0) is 14.1. The Bertz CT molecular complexity index is 746. The van der Waals surface area contributed by atoms with Gasteiger partial charge in [0.1, 0.15) is 0 Å². The average molecular weight is 270 g/mol. The number of imidazole rings is 2. The lowest BCUT2D eigenvalue weighted by Gasteiger charge is -2.15. The number of hydrogen-bond acceptors (Lipinski definition) is 3. The van der Waals surface area contributed by atoms with Crippen molar-refractivity contribution in [2.75, 3.05) is 0 Å². The quantitative estimate of drug-likeness (QED) is 0.788. The van der Waals surface area contributed by atoms with Gasteiger partial charge in [-0.1, -0.05) is 6.07 Å². The van der Waals surface area contributed by atoms with Gasteiger partial charge in [-0.25, -0.2) is 14.8 Å². The minimum Gasteiger partial charge on any atom is -0.478 e. The maximum atomic E-state index is 11.3. The number of nitrogens with zero attached hydrogens (tertiary/aromatic N) is 4. The summed E-state index contributed by atoms with van der Waals surface area (Å²) >= 11 is 0. The van der Waals surface area contributed by atoms with Crippen molar-refractivity contribution >= 4 is 17.0 Å². The number of carboxylic acids is 1. The minimum atomic E-state index is -0.938. The van der Waals surface area contributed by atoms with Crippen molar-refractivity contribution in [3.63, 3.8) is 0 Å². The van der Waals surface area contributed by atoms with E-state index in [1.165, 1.54) is 0 Å². The van der Waals surface area contributed by atoms with Crippen LogP contribution in [0.15, 0.2) is 43.2 Å². The third-order valence-corrected chi connectivity index (χ3v) is 3.33. The summed E-state index contributed by atoms with van der Waals surface area (Å²) in [4.78, 5) is 19.6. The Labute approximate surface area is 115 Å². The second kappa shape index (κ2) is 4.80. The molecule has 0 radical (unpaired) electrons. The van der Waals surface area contributed by atoms with Gasteiger partial charge < -0.3 is 14.2 Å². The van der Waals surface area contributed by atoms with Crippen LogP contribution in [-0.2, 0) is 6.54 Å². The number of para-hydroxylation sites is 1. The van der Waals surface area contributed by atoms with Crippen molar-refractivity contribution in [2.45, 2.75) is 19.5 Å². The molecule has 3 aromatic rings. The van der Waals surface area contributed by atoms with Gasteiger partial charge in [-0.2, -0.15) is 0 Å². The molecule has 6 heteroatoms. The summed E-state index contributed by atoms with van der Waals surface area (Å²) in [5.41, 5.74) is 1.63. The lowest BCUT2D eigenvalue weighted by Crippen LogP contribution is -2.12. The first-order valence-corrected chi connectivity index (χ1v) is 6.31. The summed E-state index contributed by atoms with van der Waals surface area (Å²) in [6.45, 7) is 2.74. The van der Waals surface area contributed by atoms with Crippen LogP contribution in [0.25, 0.3) is 11.0 Å². The predicted molar refractivity (Wildman–Crippen MR) is 73.6 cm³/mol. The van der Waals surface area contributed by atoms with Crippen molar-refractivity contribution in [3.05, 3.63) is 48.8 Å². The molecule has 0 saturated carbocycles. The van der Waals surface area contributed by atoms with Gasteiger partial charge in [-0.3, -0.25) is 0 Å². The second-order valence-electron chi connectivity index (χ2n) is 4.74. The van der Waals surface area contributed by atoms with Crippen LogP contribution in [0.5, 0.6) is 0 Å². The Hall–Kier alpha value is -2.63. The van der Waals surface area contributed by atoms with Gasteiger partial charge in [0.2, 0.25) is 0 Å². The Kier molecular flexibility index (Phi) is 2.98. The van der Waals surface area contributed by atoms with Crippen LogP contribution in [0.1, 0.15) is 23.3 Å². The Morgan fingerprint density at radius 3 is 2.95 bits per heavy atom. The fourth-order valence-electron chi connectivity index (χ4n) is 2.38. The van der Waals surface area contributed by atoms with Crippen LogP contribution in [0, 0.1) is 0 Å². The summed E-state index contributed by atoms with van der Waals surface area (Å²) < 4.78 is 3.86. The van der Waals surface area contributed by atoms with Crippen molar-refractivity contribution in [1.82, 2.24) is 19.1 Å². The van der Waals surface area contributed by atoms with Gasteiger partial charge in [-0.15, -0.1) is 0 Å². The van der Waals surface area contributed by atoms with E-state index in [0.717, 1.165) is 0 Å². The molecule has 3 rings (SSSR count). The number of rotatable bonds is 4. The molecule has 2 aromatic heterocycles. The van der Waals surface area contributed by atoms with Crippen LogP contribution < -0.4 is 0 Å². The van der Waals surface area contributed by atoms with Gasteiger partial charge >= 0.3 is 5.97 Å². The van der Waals surface area contributed by atoms with Gasteiger partial charge in [-0.05, 0) is 19.1 Å². The SMILES string of the molecule is CC(Cn1ccnc1)n1cnc2cccc(C(=O)O)c21. The molecular formula is C14H14N4O2. The molecule has 0 saturated heterocycles. The number of benzene rings is 1. The molecule has 0 fully saturated rings. The average Bonchev–Trinajstić information content (AvgIpc) is 3.06. The van der Waals surface area contributed by atoms with E-state index in [1.807, 2.05) is 28.3 Å². The van der Waals surface area contributed by atoms with Crippen molar-refractivity contribution < 1.29 is 9.90 Å². The molecule has 1 unspecified atom stereocenters. The number of aromatic carboxylic acids is 1. The molecule has 1 N–H and O–H groups in total. The van der Waals surface area contributed by atoms with Gasteiger partial charge in [0.05, 0.1) is 35.3 Å². The maximum Gasteiger partial charge on any atom is 0.337 e. The topological polar surface area (TPSA) is 72.9 Å². The van der Waals surface area contributed by atoms with E-state index in [9.17, 15) is 9.90 Å². The van der Waals surface area contributed by atoms with E-state index in [1.54, 1.807) is 31.0 Å². The van der Waals surface area contributed by atoms with Crippen molar-refractivity contribution in [3.8, 4) is 0 Å². The highest BCUT2D eigenvalue weighted by Gasteiger charge is 2.16. The molecule has 0 aliphatic heterocycles. The maximum absolute atomic E-state index is 11.3. The summed E-state index contributed by atoms with van der Waals surface area (Å²) in [5, 5.41) is 9.31. The van der Waals surface area contributed by atoms with Gasteiger partial charge in [0.25, 0.3) is 0 Å². The molecule has 0 aliphatic rings. The minimum absolute atomic E-state index is 0.0784. The fraction of sp³-hybridized carbons (Fsp3) is 0.214. The highest BCUT2D eigenvalue weighted by molar-refractivity contribution is 6.01. The Balaban J connectivity index is 2.05. The molecule has 20 heavy (non-hydrogen) atoms. The van der Waals surface area contributed by atoms with Crippen LogP contribution in [-0.4, -0.2) is 30.2 Å². The molecule has 2 heterocycles. The lowest BCUT2D eigenvalue weighted by atomic mass is 10.1. The molecule has 0 amide bonds. The molecule has 1 atom stereocenters. The Morgan fingerprint density at radius 2 is 2.25 bits per heavy atom. The second-order valence-corrected chi connectivity index (χ2v) is 4.74. The van der Waals surface area contributed by atoms with E-state index in [0.29, 0.717) is 17.6 Å². The van der Waals surface area contributed by atoms with E-state index in [-0.39, 0.29) is 11.6 Å². The molecule has 0 bridgehead atoms. The van der Waals surface area contributed by atoms with Crippen LogP contribution >= 0.6 is 0 Å². The number of hydrogen-bond donors (Lipinski definition) is 1. The van der Waals surface area contributed by atoms with Crippen molar-refractivity contribution in [1.29, 1.82) is 0 Å². The smallest absolute Gasteiger partial charge is 0.337 e. The zero-order valence-corrected chi connectivity index (χ0v) is 11.0. The van der Waals surface area contributed by atoms with Gasteiger partial charge in [0.15, 0.2) is 0 Å². The van der Waals surface area contributed by atoms with Crippen LogP contribution in [0.3, 0.4) is 0 Å². The first kappa shape index (κ1) is 12.4. The summed E-state index contributed by atoms with van der Waals surface area (Å²) in [7, 11) is 0. The summed E-state index contributed by atoms with van der Waals surface area (Å²) in [6, 6.07) is 5.22. The Morgan fingerprint density at radius 1 is 1.40 bits per heavy atom. The third kappa shape index (κ3) is 2.05. The standard InChI is InChI=1S/C14H14N4O2/c1-10(7-17-6-5-15-8-17)18-9-16-12-4-2-3-11(13(12)18)14(19)20/h2-6,8-10H,7H2,1H3,(H,19,20). The molecule has 0 aliphatic carbocycles. The largest absolute Gasteiger partial charge is 0.478 e. The van der Waals surface area contributed by atoms with Crippen LogP contribution in [0.2, 0.25) is 0 Å². The molecule has 0 spiro atoms. The lowest BCUT2D eigenvalue weighted by molar-refractivity contribution is 0.0698.